The summed E-state index contributed by atoms with van der Waals surface area (Å²) in [5, 5.41) is 8.91. The molecule has 1 aromatic carbocycles. The lowest BCUT2D eigenvalue weighted by Gasteiger charge is -2.24. The van der Waals surface area contributed by atoms with E-state index in [1.54, 1.807) is 19.1 Å². The van der Waals surface area contributed by atoms with Gasteiger partial charge in [-0.05, 0) is 25.5 Å². The first-order valence-corrected chi connectivity index (χ1v) is 6.68. The molecule has 1 aromatic rings. The predicted octanol–water partition coefficient (Wildman–Crippen LogP) is 1.82. The number of aryl methyl sites for hydroxylation is 1. The van der Waals surface area contributed by atoms with E-state index < -0.39 is 17.8 Å². The lowest BCUT2D eigenvalue weighted by molar-refractivity contribution is -0.141. The Morgan fingerprint density at radius 1 is 1.43 bits per heavy atom. The van der Waals surface area contributed by atoms with Crippen LogP contribution in [0.5, 0.6) is 5.75 Å². The lowest BCUT2D eigenvalue weighted by Crippen LogP contribution is -2.36. The second kappa shape index (κ2) is 5.55. The van der Waals surface area contributed by atoms with Gasteiger partial charge in [0.25, 0.3) is 5.91 Å². The molecule has 0 aromatic heterocycles. The van der Waals surface area contributed by atoms with Crippen LogP contribution in [0.4, 0.5) is 0 Å². The molecule has 1 aliphatic rings. The number of fused-ring (bicyclic) bond motifs is 1. The van der Waals surface area contributed by atoms with Crippen LogP contribution in [0.1, 0.15) is 47.7 Å². The number of carbonyl (C=O) groups is 3. The van der Waals surface area contributed by atoms with Gasteiger partial charge >= 0.3 is 5.97 Å². The Bertz CT molecular complexity index is 623. The van der Waals surface area contributed by atoms with Crippen molar-refractivity contribution in [1.82, 2.24) is 5.48 Å². The molecule has 2 rings (SSSR count). The zero-order valence-corrected chi connectivity index (χ0v) is 12.1. The van der Waals surface area contributed by atoms with Gasteiger partial charge in [0.05, 0.1) is 17.4 Å². The van der Waals surface area contributed by atoms with Crippen LogP contribution in [0.25, 0.3) is 0 Å². The Balaban J connectivity index is 2.41. The summed E-state index contributed by atoms with van der Waals surface area (Å²) >= 11 is 0. The van der Waals surface area contributed by atoms with Crippen LogP contribution >= 0.6 is 0 Å². The number of benzene rings is 1. The minimum Gasteiger partial charge on any atom is -0.481 e. The number of rotatable bonds is 4. The molecule has 2 N–H and O–H groups in total. The molecule has 21 heavy (non-hydrogen) atoms. The zero-order chi connectivity index (χ0) is 15.7. The Hall–Kier alpha value is -2.37. The Labute approximate surface area is 122 Å². The molecule has 1 aliphatic heterocycles. The Kier molecular flexibility index (Phi) is 3.97. The van der Waals surface area contributed by atoms with Gasteiger partial charge in [0, 0.05) is 12.0 Å². The van der Waals surface area contributed by atoms with E-state index in [9.17, 15) is 14.4 Å². The summed E-state index contributed by atoms with van der Waals surface area (Å²) in [6.45, 7) is 5.02. The summed E-state index contributed by atoms with van der Waals surface area (Å²) in [7, 11) is 0. The normalized spacial score (nSPS) is 18.2. The predicted molar refractivity (Wildman–Crippen MR) is 74.1 cm³/mol. The number of hydroxylamine groups is 1. The molecule has 0 spiro atoms. The highest BCUT2D eigenvalue weighted by molar-refractivity contribution is 6.01. The van der Waals surface area contributed by atoms with Crippen molar-refractivity contribution >= 4 is 17.7 Å². The fraction of sp³-hybridized carbons (Fsp3) is 0.400. The van der Waals surface area contributed by atoms with Gasteiger partial charge in [-0.3, -0.25) is 14.4 Å². The van der Waals surface area contributed by atoms with Gasteiger partial charge in [-0.1, -0.05) is 13.0 Å². The Morgan fingerprint density at radius 2 is 2.10 bits per heavy atom. The first-order chi connectivity index (χ1) is 9.81. The number of amides is 1. The molecule has 0 fully saturated rings. The maximum absolute atomic E-state index is 12.3. The van der Waals surface area contributed by atoms with Crippen LogP contribution in [-0.2, 0) is 9.59 Å². The van der Waals surface area contributed by atoms with Crippen molar-refractivity contribution in [1.29, 1.82) is 0 Å². The quantitative estimate of drug-likeness (QED) is 0.825. The molecular weight excluding hydrogens is 274 g/mol. The van der Waals surface area contributed by atoms with Crippen molar-refractivity contribution in [2.75, 3.05) is 0 Å². The average molecular weight is 291 g/mol. The summed E-state index contributed by atoms with van der Waals surface area (Å²) in [4.78, 5) is 40.0. The summed E-state index contributed by atoms with van der Waals surface area (Å²) < 4.78 is 0. The third-order valence-corrected chi connectivity index (χ3v) is 3.59. The van der Waals surface area contributed by atoms with Crippen molar-refractivity contribution in [2.24, 2.45) is 5.92 Å². The van der Waals surface area contributed by atoms with E-state index in [4.69, 9.17) is 9.94 Å². The molecular formula is C15H17NO5. The molecule has 0 radical (unpaired) electrons. The first kappa shape index (κ1) is 15.0. The number of aliphatic carboxylic acids is 1. The van der Waals surface area contributed by atoms with E-state index in [0.29, 0.717) is 16.9 Å². The summed E-state index contributed by atoms with van der Waals surface area (Å²) in [5.41, 5.74) is 4.05. The van der Waals surface area contributed by atoms with Crippen molar-refractivity contribution in [3.05, 3.63) is 28.8 Å². The maximum Gasteiger partial charge on any atom is 0.306 e. The average Bonchev–Trinajstić information content (AvgIpc) is 2.42. The van der Waals surface area contributed by atoms with E-state index in [0.717, 1.165) is 5.56 Å². The van der Waals surface area contributed by atoms with E-state index in [1.807, 2.05) is 6.92 Å². The molecule has 2 unspecified atom stereocenters. The van der Waals surface area contributed by atoms with Crippen LogP contribution in [-0.4, -0.2) is 22.8 Å². The molecule has 6 nitrogen and oxygen atoms in total. The monoisotopic (exact) mass is 291 g/mol. The van der Waals surface area contributed by atoms with Crippen molar-refractivity contribution in [3.8, 4) is 5.75 Å². The lowest BCUT2D eigenvalue weighted by atomic mass is 9.90. The van der Waals surface area contributed by atoms with Gasteiger partial charge in [-0.15, -0.1) is 0 Å². The second-order valence-electron chi connectivity index (χ2n) is 5.39. The second-order valence-corrected chi connectivity index (χ2v) is 5.39. The molecule has 0 bridgehead atoms. The van der Waals surface area contributed by atoms with Gasteiger partial charge in [-0.2, -0.15) is 5.48 Å². The molecule has 112 valence electrons. The van der Waals surface area contributed by atoms with Gasteiger partial charge in [0.1, 0.15) is 0 Å². The van der Waals surface area contributed by atoms with E-state index in [-0.39, 0.29) is 18.1 Å². The minimum atomic E-state index is -1.02. The van der Waals surface area contributed by atoms with Gasteiger partial charge in [0.15, 0.2) is 11.5 Å². The van der Waals surface area contributed by atoms with E-state index in [2.05, 4.69) is 5.48 Å². The molecule has 2 atom stereocenters. The molecule has 1 amide bonds. The van der Waals surface area contributed by atoms with Gasteiger partial charge < -0.3 is 9.94 Å². The number of ketones is 1. The summed E-state index contributed by atoms with van der Waals surface area (Å²) in [5.74, 6) is -2.48. The summed E-state index contributed by atoms with van der Waals surface area (Å²) in [6.07, 6.45) is -0.114. The minimum absolute atomic E-state index is 0.114. The molecule has 0 saturated heterocycles. The number of nitrogens with one attached hydrogen (secondary N) is 1. The number of carbonyl (C=O) groups excluding carboxylic acids is 2. The van der Waals surface area contributed by atoms with Gasteiger partial charge in [-0.25, -0.2) is 0 Å². The summed E-state index contributed by atoms with van der Waals surface area (Å²) in [6, 6.07) is 3.45. The van der Waals surface area contributed by atoms with Crippen molar-refractivity contribution < 1.29 is 24.3 Å². The highest BCUT2D eigenvalue weighted by atomic mass is 16.7. The smallest absolute Gasteiger partial charge is 0.306 e. The standard InChI is InChI=1S/C15H17NO5/c1-7-4-10-9(3)14(18)16-21-13(10)11(5-7)12(17)6-8(2)15(19)20/h4-5,8-9H,6H2,1-3H3,(H,16,18)(H,19,20). The number of carboxylic acid groups (broad SMARTS) is 1. The highest BCUT2D eigenvalue weighted by Gasteiger charge is 2.30. The number of carboxylic acids is 1. The number of hydrogen-bond acceptors (Lipinski definition) is 4. The molecule has 6 heteroatoms. The van der Waals surface area contributed by atoms with Gasteiger partial charge in [0.2, 0.25) is 0 Å². The molecule has 0 saturated carbocycles. The first-order valence-electron chi connectivity index (χ1n) is 6.68. The van der Waals surface area contributed by atoms with Crippen LogP contribution in [0.3, 0.4) is 0 Å². The van der Waals surface area contributed by atoms with Crippen molar-refractivity contribution in [3.63, 3.8) is 0 Å². The third kappa shape index (κ3) is 2.89. The molecule has 1 heterocycles. The number of hydrogen-bond donors (Lipinski definition) is 2. The van der Waals surface area contributed by atoms with E-state index in [1.165, 1.54) is 6.92 Å². The van der Waals surface area contributed by atoms with Crippen LogP contribution < -0.4 is 10.3 Å². The molecule has 0 aliphatic carbocycles. The Morgan fingerprint density at radius 3 is 2.71 bits per heavy atom. The largest absolute Gasteiger partial charge is 0.481 e. The fourth-order valence-corrected chi connectivity index (χ4v) is 2.25. The van der Waals surface area contributed by atoms with Crippen LogP contribution in [0.2, 0.25) is 0 Å². The third-order valence-electron chi connectivity index (χ3n) is 3.59. The highest BCUT2D eigenvalue weighted by Crippen LogP contribution is 2.35. The topological polar surface area (TPSA) is 92.7 Å². The zero-order valence-electron chi connectivity index (χ0n) is 12.1. The number of Topliss-reactive ketones (excluding diaryl/α,β-unsaturated/α-hetero) is 1. The SMILES string of the molecule is Cc1cc(C(=O)CC(C)C(=O)O)c2c(c1)C(C)C(=O)NO2. The fourth-order valence-electron chi connectivity index (χ4n) is 2.25. The van der Waals surface area contributed by atoms with Crippen LogP contribution in [0, 0.1) is 12.8 Å². The maximum atomic E-state index is 12.3. The van der Waals surface area contributed by atoms with Crippen LogP contribution in [0.15, 0.2) is 12.1 Å². The van der Waals surface area contributed by atoms with E-state index >= 15 is 0 Å². The van der Waals surface area contributed by atoms with Crippen molar-refractivity contribution in [2.45, 2.75) is 33.1 Å².